The van der Waals surface area contributed by atoms with E-state index < -0.39 is 0 Å². The Labute approximate surface area is 172 Å². The van der Waals surface area contributed by atoms with Gasteiger partial charge in [0.15, 0.2) is 11.5 Å². The summed E-state index contributed by atoms with van der Waals surface area (Å²) in [6.45, 7) is 10.0. The first-order valence-electron chi connectivity index (χ1n) is 10.2. The molecule has 0 saturated carbocycles. The molecule has 3 aromatic rings. The Balaban J connectivity index is 1.58. The van der Waals surface area contributed by atoms with E-state index in [2.05, 4.69) is 60.1 Å². The number of hydrogen-bond donors (Lipinski definition) is 1. The second kappa shape index (κ2) is 8.29. The number of benzene rings is 2. The molecule has 0 saturated heterocycles. The lowest BCUT2D eigenvalue weighted by molar-refractivity contribution is 0.267. The number of H-pyrrole nitrogens is 1. The lowest BCUT2D eigenvalue weighted by Crippen LogP contribution is -2.30. The maximum atomic E-state index is 6.11. The molecule has 0 unspecified atom stereocenters. The fourth-order valence-electron chi connectivity index (χ4n) is 3.91. The highest BCUT2D eigenvalue weighted by Gasteiger charge is 2.22. The van der Waals surface area contributed by atoms with Crippen LogP contribution >= 0.6 is 0 Å². The average molecular weight is 392 g/mol. The van der Waals surface area contributed by atoms with Crippen molar-refractivity contribution in [2.24, 2.45) is 0 Å². The van der Waals surface area contributed by atoms with Gasteiger partial charge in [0.25, 0.3) is 0 Å². The number of nitrogens with zero attached hydrogens (tertiary/aromatic N) is 2. The van der Waals surface area contributed by atoms with E-state index in [0.717, 1.165) is 48.8 Å². The summed E-state index contributed by atoms with van der Waals surface area (Å²) in [5.41, 5.74) is 8.27. The van der Waals surface area contributed by atoms with Gasteiger partial charge in [0.2, 0.25) is 0 Å². The zero-order chi connectivity index (χ0) is 20.4. The Bertz CT molecular complexity index is 1010. The van der Waals surface area contributed by atoms with Crippen molar-refractivity contribution in [1.29, 1.82) is 0 Å². The maximum absolute atomic E-state index is 6.11. The zero-order valence-electron chi connectivity index (χ0n) is 17.7. The smallest absolute Gasteiger partial charge is 0.161 e. The minimum atomic E-state index is 0.520. The minimum Gasteiger partial charge on any atom is -0.493 e. The van der Waals surface area contributed by atoms with Crippen LogP contribution in [0.3, 0.4) is 0 Å². The molecular formula is C24H29N3O2. The number of likely N-dealkylation sites (N-methyl/N-ethyl adjacent to an activating group) is 1. The normalized spacial score (nSPS) is 13.9. The predicted molar refractivity (Wildman–Crippen MR) is 115 cm³/mol. The van der Waals surface area contributed by atoms with Crippen LogP contribution < -0.4 is 9.47 Å². The molecule has 1 aliphatic heterocycles. The van der Waals surface area contributed by atoms with Crippen LogP contribution in [0.1, 0.15) is 34.9 Å². The summed E-state index contributed by atoms with van der Waals surface area (Å²) in [7, 11) is 1.68. The number of fused-ring (bicyclic) bond motifs is 1. The SMILES string of the molecule is CCN1CCc2[nH]nc(-c3ccc(OCc4cc(C)ccc4C)c(OC)c3)c2C1. The van der Waals surface area contributed by atoms with Gasteiger partial charge >= 0.3 is 0 Å². The van der Waals surface area contributed by atoms with Crippen molar-refractivity contribution in [3.8, 4) is 22.8 Å². The van der Waals surface area contributed by atoms with Crippen LogP contribution in [0.2, 0.25) is 0 Å². The van der Waals surface area contributed by atoms with Gasteiger partial charge in [0.05, 0.1) is 12.8 Å². The summed E-state index contributed by atoms with van der Waals surface area (Å²) in [6, 6.07) is 12.5. The standard InChI is InChI=1S/C24H29N3O2/c1-5-27-11-10-21-20(14-27)24(26-25-21)18-8-9-22(23(13-18)28-4)29-15-19-12-16(2)6-7-17(19)3/h6-9,12-13H,5,10-11,14-15H2,1-4H3,(H,25,26). The van der Waals surface area contributed by atoms with E-state index in [4.69, 9.17) is 9.47 Å². The Hall–Kier alpha value is -2.79. The van der Waals surface area contributed by atoms with Gasteiger partial charge in [-0.1, -0.05) is 30.7 Å². The molecular weight excluding hydrogens is 362 g/mol. The van der Waals surface area contributed by atoms with E-state index in [1.807, 2.05) is 12.1 Å². The Morgan fingerprint density at radius 1 is 1.10 bits per heavy atom. The quantitative estimate of drug-likeness (QED) is 0.664. The summed E-state index contributed by atoms with van der Waals surface area (Å²) in [6.07, 6.45) is 1.02. The first-order chi connectivity index (χ1) is 14.1. The first-order valence-corrected chi connectivity index (χ1v) is 10.2. The predicted octanol–water partition coefficient (Wildman–Crippen LogP) is 4.66. The molecule has 0 atom stereocenters. The third kappa shape index (κ3) is 4.01. The third-order valence-electron chi connectivity index (χ3n) is 5.78. The van der Waals surface area contributed by atoms with Crippen LogP contribution in [0.5, 0.6) is 11.5 Å². The van der Waals surface area contributed by atoms with Crippen molar-refractivity contribution in [2.75, 3.05) is 20.2 Å². The van der Waals surface area contributed by atoms with Crippen LogP contribution in [0, 0.1) is 13.8 Å². The summed E-state index contributed by atoms with van der Waals surface area (Å²) in [4.78, 5) is 2.44. The number of aromatic amines is 1. The molecule has 0 amide bonds. The van der Waals surface area contributed by atoms with Crippen molar-refractivity contribution >= 4 is 0 Å². The van der Waals surface area contributed by atoms with Gasteiger partial charge in [0.1, 0.15) is 6.61 Å². The van der Waals surface area contributed by atoms with Gasteiger partial charge < -0.3 is 9.47 Å². The van der Waals surface area contributed by atoms with Gasteiger partial charge in [-0.3, -0.25) is 10.00 Å². The van der Waals surface area contributed by atoms with Crippen LogP contribution in [-0.4, -0.2) is 35.3 Å². The fourth-order valence-corrected chi connectivity index (χ4v) is 3.91. The zero-order valence-corrected chi connectivity index (χ0v) is 17.7. The van der Waals surface area contributed by atoms with Crippen molar-refractivity contribution in [2.45, 2.75) is 40.3 Å². The number of hydrogen-bond acceptors (Lipinski definition) is 4. The summed E-state index contributed by atoms with van der Waals surface area (Å²) < 4.78 is 11.7. The van der Waals surface area contributed by atoms with Crippen LogP contribution in [0.15, 0.2) is 36.4 Å². The molecule has 4 rings (SSSR count). The maximum Gasteiger partial charge on any atom is 0.161 e. The molecule has 1 aromatic heterocycles. The second-order valence-electron chi connectivity index (χ2n) is 7.73. The van der Waals surface area contributed by atoms with Crippen LogP contribution in [0.25, 0.3) is 11.3 Å². The van der Waals surface area contributed by atoms with Crippen molar-refractivity contribution in [1.82, 2.24) is 15.1 Å². The van der Waals surface area contributed by atoms with E-state index in [9.17, 15) is 0 Å². The topological polar surface area (TPSA) is 50.4 Å². The number of methoxy groups -OCH3 is 1. The van der Waals surface area contributed by atoms with Gasteiger partial charge in [0, 0.05) is 36.3 Å². The summed E-state index contributed by atoms with van der Waals surface area (Å²) in [5, 5.41) is 7.84. The van der Waals surface area contributed by atoms with Crippen molar-refractivity contribution < 1.29 is 9.47 Å². The largest absolute Gasteiger partial charge is 0.493 e. The monoisotopic (exact) mass is 391 g/mol. The lowest BCUT2D eigenvalue weighted by atomic mass is 10.0. The van der Waals surface area contributed by atoms with Crippen molar-refractivity contribution in [3.05, 3.63) is 64.3 Å². The molecule has 2 heterocycles. The molecule has 0 radical (unpaired) electrons. The number of rotatable bonds is 6. The molecule has 5 heteroatoms. The molecule has 2 aromatic carbocycles. The molecule has 0 aliphatic carbocycles. The highest BCUT2D eigenvalue weighted by molar-refractivity contribution is 5.68. The lowest BCUT2D eigenvalue weighted by Gasteiger charge is -2.25. The average Bonchev–Trinajstić information content (AvgIpc) is 3.17. The van der Waals surface area contributed by atoms with Crippen LogP contribution in [-0.2, 0) is 19.6 Å². The van der Waals surface area contributed by atoms with Crippen LogP contribution in [0.4, 0.5) is 0 Å². The Kier molecular flexibility index (Phi) is 5.58. The Morgan fingerprint density at radius 3 is 2.76 bits per heavy atom. The van der Waals surface area contributed by atoms with Gasteiger partial charge in [-0.2, -0.15) is 5.10 Å². The Morgan fingerprint density at radius 2 is 1.97 bits per heavy atom. The minimum absolute atomic E-state index is 0.520. The highest BCUT2D eigenvalue weighted by Crippen LogP contribution is 2.35. The van der Waals surface area contributed by atoms with E-state index in [0.29, 0.717) is 6.61 Å². The van der Waals surface area contributed by atoms with E-state index in [1.165, 1.54) is 27.9 Å². The first kappa shape index (κ1) is 19.5. The summed E-state index contributed by atoms with van der Waals surface area (Å²) in [5.74, 6) is 1.48. The van der Waals surface area contributed by atoms with Gasteiger partial charge in [-0.15, -0.1) is 0 Å². The van der Waals surface area contributed by atoms with Gasteiger partial charge in [-0.25, -0.2) is 0 Å². The van der Waals surface area contributed by atoms with E-state index >= 15 is 0 Å². The molecule has 29 heavy (non-hydrogen) atoms. The number of nitrogens with one attached hydrogen (secondary N) is 1. The fraction of sp³-hybridized carbons (Fsp3) is 0.375. The van der Waals surface area contributed by atoms with E-state index in [1.54, 1.807) is 7.11 Å². The summed E-state index contributed by atoms with van der Waals surface area (Å²) >= 11 is 0. The molecule has 1 N–H and O–H groups in total. The van der Waals surface area contributed by atoms with Crippen molar-refractivity contribution in [3.63, 3.8) is 0 Å². The van der Waals surface area contributed by atoms with E-state index in [-0.39, 0.29) is 0 Å². The molecule has 0 fully saturated rings. The second-order valence-corrected chi connectivity index (χ2v) is 7.73. The molecule has 5 nitrogen and oxygen atoms in total. The van der Waals surface area contributed by atoms with Gasteiger partial charge in [-0.05, 0) is 49.7 Å². The molecule has 1 aliphatic rings. The third-order valence-corrected chi connectivity index (χ3v) is 5.78. The molecule has 0 spiro atoms. The number of aromatic nitrogens is 2. The highest BCUT2D eigenvalue weighted by atomic mass is 16.5. The number of aryl methyl sites for hydroxylation is 2. The molecule has 0 bridgehead atoms. The molecule has 152 valence electrons. The number of ether oxygens (including phenoxy) is 2.